The standard InChI is InChI=1S/C28H29N3O3S2/c1-20-15-17-30(18-16-20)36(33,34)24-13-11-23(12-14-24)27(32)31(19-22-8-4-3-5-9-22)28-29-26-21(2)7-6-10-25(26)35-28/h3-14,20H,15-19H2,1-2H3. The van der Waals surface area contributed by atoms with E-state index in [9.17, 15) is 13.2 Å². The Balaban J connectivity index is 1.45. The molecule has 0 unspecified atom stereocenters. The number of hydrogen-bond donors (Lipinski definition) is 0. The van der Waals surface area contributed by atoms with Crippen LogP contribution in [0.5, 0.6) is 0 Å². The fraction of sp³-hybridized carbons (Fsp3) is 0.286. The maximum atomic E-state index is 13.7. The van der Waals surface area contributed by atoms with E-state index in [1.54, 1.807) is 33.5 Å². The summed E-state index contributed by atoms with van der Waals surface area (Å²) in [6, 6.07) is 22.1. The number of aromatic nitrogens is 1. The quantitative estimate of drug-likeness (QED) is 0.319. The minimum atomic E-state index is -3.57. The van der Waals surface area contributed by atoms with Crippen LogP contribution in [0.4, 0.5) is 5.13 Å². The average Bonchev–Trinajstić information content (AvgIpc) is 3.33. The summed E-state index contributed by atoms with van der Waals surface area (Å²) >= 11 is 1.48. The third-order valence-electron chi connectivity index (χ3n) is 6.75. The molecule has 0 radical (unpaired) electrons. The Morgan fingerprint density at radius 2 is 1.69 bits per heavy atom. The minimum Gasteiger partial charge on any atom is -0.279 e. The Kier molecular flexibility index (Phi) is 6.92. The number of amides is 1. The molecule has 4 aromatic rings. The topological polar surface area (TPSA) is 70.6 Å². The van der Waals surface area contributed by atoms with Gasteiger partial charge in [-0.2, -0.15) is 4.31 Å². The molecule has 1 fully saturated rings. The molecule has 1 amide bonds. The SMILES string of the molecule is Cc1cccc2sc(N(Cc3ccccc3)C(=O)c3ccc(S(=O)(=O)N4CCC(C)CC4)cc3)nc12. The van der Waals surface area contributed by atoms with Crippen molar-refractivity contribution >= 4 is 42.6 Å². The number of hydrogen-bond acceptors (Lipinski definition) is 5. The van der Waals surface area contributed by atoms with Gasteiger partial charge in [-0.3, -0.25) is 9.69 Å². The molecular formula is C28H29N3O3S2. The number of rotatable bonds is 6. The van der Waals surface area contributed by atoms with Crippen LogP contribution >= 0.6 is 11.3 Å². The van der Waals surface area contributed by atoms with E-state index < -0.39 is 10.0 Å². The number of benzene rings is 3. The lowest BCUT2D eigenvalue weighted by molar-refractivity contribution is 0.0985. The highest BCUT2D eigenvalue weighted by Gasteiger charge is 2.29. The van der Waals surface area contributed by atoms with E-state index in [0.717, 1.165) is 34.2 Å². The molecule has 0 N–H and O–H groups in total. The maximum Gasteiger partial charge on any atom is 0.260 e. The predicted molar refractivity (Wildman–Crippen MR) is 145 cm³/mol. The first-order chi connectivity index (χ1) is 17.3. The van der Waals surface area contributed by atoms with Crippen LogP contribution in [0.1, 0.15) is 41.3 Å². The molecule has 1 aliphatic rings. The molecule has 186 valence electrons. The lowest BCUT2D eigenvalue weighted by Crippen LogP contribution is -2.37. The normalized spacial score (nSPS) is 15.3. The first-order valence-electron chi connectivity index (χ1n) is 12.1. The summed E-state index contributed by atoms with van der Waals surface area (Å²) in [6.45, 7) is 5.60. The first-order valence-corrected chi connectivity index (χ1v) is 14.4. The average molecular weight is 520 g/mol. The second-order valence-corrected chi connectivity index (χ2v) is 12.4. The van der Waals surface area contributed by atoms with Crippen LogP contribution in [0.25, 0.3) is 10.2 Å². The first kappa shape index (κ1) is 24.6. The molecule has 8 heteroatoms. The summed E-state index contributed by atoms with van der Waals surface area (Å²) in [7, 11) is -3.57. The molecule has 0 atom stereocenters. The van der Waals surface area contributed by atoms with Crippen molar-refractivity contribution in [1.82, 2.24) is 9.29 Å². The molecule has 6 nitrogen and oxygen atoms in total. The van der Waals surface area contributed by atoms with Gasteiger partial charge in [0, 0.05) is 18.7 Å². The number of anilines is 1. The Labute approximate surface area is 216 Å². The van der Waals surface area contributed by atoms with E-state index in [2.05, 4.69) is 6.92 Å². The van der Waals surface area contributed by atoms with Gasteiger partial charge in [0.1, 0.15) is 0 Å². The zero-order chi connectivity index (χ0) is 25.3. The van der Waals surface area contributed by atoms with E-state index in [-0.39, 0.29) is 10.8 Å². The van der Waals surface area contributed by atoms with Gasteiger partial charge in [-0.25, -0.2) is 13.4 Å². The summed E-state index contributed by atoms with van der Waals surface area (Å²) in [5, 5.41) is 0.618. The van der Waals surface area contributed by atoms with E-state index >= 15 is 0 Å². The Morgan fingerprint density at radius 3 is 2.36 bits per heavy atom. The monoisotopic (exact) mass is 519 g/mol. The number of nitrogens with zero attached hydrogens (tertiary/aromatic N) is 3. The van der Waals surface area contributed by atoms with Crippen LogP contribution in [0, 0.1) is 12.8 Å². The molecule has 5 rings (SSSR count). The van der Waals surface area contributed by atoms with Crippen molar-refractivity contribution < 1.29 is 13.2 Å². The third kappa shape index (κ3) is 4.93. The van der Waals surface area contributed by atoms with Crippen LogP contribution in [-0.2, 0) is 16.6 Å². The van der Waals surface area contributed by atoms with E-state index in [0.29, 0.717) is 36.2 Å². The number of carbonyl (C=O) groups is 1. The number of carbonyl (C=O) groups excluding carboxylic acids is 1. The summed E-state index contributed by atoms with van der Waals surface area (Å²) in [5.74, 6) is 0.324. The van der Waals surface area contributed by atoms with Gasteiger partial charge in [-0.1, -0.05) is 60.7 Å². The van der Waals surface area contributed by atoms with E-state index in [1.165, 1.54) is 11.3 Å². The summed E-state index contributed by atoms with van der Waals surface area (Å²) in [4.78, 5) is 20.4. The van der Waals surface area contributed by atoms with Crippen LogP contribution in [-0.4, -0.2) is 36.7 Å². The highest BCUT2D eigenvalue weighted by atomic mass is 32.2. The van der Waals surface area contributed by atoms with Gasteiger partial charge in [-0.15, -0.1) is 0 Å². The Morgan fingerprint density at radius 1 is 1.00 bits per heavy atom. The molecule has 1 aromatic heterocycles. The fourth-order valence-corrected chi connectivity index (χ4v) is 6.99. The van der Waals surface area contributed by atoms with Gasteiger partial charge in [0.05, 0.1) is 21.7 Å². The molecule has 1 aliphatic heterocycles. The number of fused-ring (bicyclic) bond motifs is 1. The number of para-hydroxylation sites is 1. The van der Waals surface area contributed by atoms with Crippen molar-refractivity contribution in [3.8, 4) is 0 Å². The van der Waals surface area contributed by atoms with Gasteiger partial charge < -0.3 is 0 Å². The maximum absolute atomic E-state index is 13.7. The second-order valence-electron chi connectivity index (χ2n) is 9.41. The fourth-order valence-electron chi connectivity index (χ4n) is 4.48. The van der Waals surface area contributed by atoms with Gasteiger partial charge in [0.25, 0.3) is 5.91 Å². The molecule has 0 aliphatic carbocycles. The number of sulfonamides is 1. The summed E-state index contributed by atoms with van der Waals surface area (Å²) < 4.78 is 28.8. The Bertz CT molecular complexity index is 1470. The van der Waals surface area contributed by atoms with Crippen LogP contribution < -0.4 is 4.90 Å². The zero-order valence-electron chi connectivity index (χ0n) is 20.4. The van der Waals surface area contributed by atoms with Crippen molar-refractivity contribution in [3.63, 3.8) is 0 Å². The smallest absolute Gasteiger partial charge is 0.260 e. The molecular weight excluding hydrogens is 490 g/mol. The van der Waals surface area contributed by atoms with Crippen molar-refractivity contribution in [2.45, 2.75) is 38.1 Å². The molecule has 2 heterocycles. The third-order valence-corrected chi connectivity index (χ3v) is 9.71. The van der Waals surface area contributed by atoms with Crippen molar-refractivity contribution in [2.24, 2.45) is 5.92 Å². The van der Waals surface area contributed by atoms with Crippen molar-refractivity contribution in [1.29, 1.82) is 0 Å². The molecule has 1 saturated heterocycles. The molecule has 3 aromatic carbocycles. The molecule has 0 spiro atoms. The van der Waals surface area contributed by atoms with Gasteiger partial charge >= 0.3 is 0 Å². The van der Waals surface area contributed by atoms with E-state index in [1.807, 2.05) is 55.5 Å². The lowest BCUT2D eigenvalue weighted by atomic mass is 10.0. The van der Waals surface area contributed by atoms with Crippen LogP contribution in [0.15, 0.2) is 77.7 Å². The van der Waals surface area contributed by atoms with Crippen molar-refractivity contribution in [2.75, 3.05) is 18.0 Å². The van der Waals surface area contributed by atoms with Crippen LogP contribution in [0.2, 0.25) is 0 Å². The number of aryl methyl sites for hydroxylation is 1. The largest absolute Gasteiger partial charge is 0.279 e. The number of thiazole rings is 1. The van der Waals surface area contributed by atoms with Crippen LogP contribution in [0.3, 0.4) is 0 Å². The second kappa shape index (κ2) is 10.1. The zero-order valence-corrected chi connectivity index (χ0v) is 22.1. The van der Waals surface area contributed by atoms with E-state index in [4.69, 9.17) is 4.98 Å². The van der Waals surface area contributed by atoms with Crippen molar-refractivity contribution in [3.05, 3.63) is 89.5 Å². The van der Waals surface area contributed by atoms with Gasteiger partial charge in [-0.05, 0) is 67.1 Å². The predicted octanol–water partition coefficient (Wildman–Crippen LogP) is 5.87. The van der Waals surface area contributed by atoms with Gasteiger partial charge in [0.2, 0.25) is 10.0 Å². The summed E-state index contributed by atoms with van der Waals surface area (Å²) in [6.07, 6.45) is 1.73. The minimum absolute atomic E-state index is 0.216. The molecule has 36 heavy (non-hydrogen) atoms. The Hall–Kier alpha value is -3.07. The highest BCUT2D eigenvalue weighted by molar-refractivity contribution is 7.89. The molecule has 0 bridgehead atoms. The molecule has 0 saturated carbocycles. The van der Waals surface area contributed by atoms with Gasteiger partial charge in [0.15, 0.2) is 5.13 Å². The lowest BCUT2D eigenvalue weighted by Gasteiger charge is -2.29. The number of piperidine rings is 1. The highest BCUT2D eigenvalue weighted by Crippen LogP contribution is 2.32. The summed E-state index contributed by atoms with van der Waals surface area (Å²) in [5.41, 5.74) is 3.36.